The Labute approximate surface area is 140 Å². The lowest BCUT2D eigenvalue weighted by atomic mass is 10.1. The largest absolute Gasteiger partial charge is 0.475 e. The Morgan fingerprint density at radius 3 is 2.04 bits per heavy atom. The van der Waals surface area contributed by atoms with Crippen molar-refractivity contribution in [3.05, 3.63) is 48.0 Å². The molecule has 0 saturated carbocycles. The number of phosphoric ester groups is 1. The molecule has 23 heavy (non-hydrogen) atoms. The molecule has 0 spiro atoms. The molecule has 0 aliphatic carbocycles. The van der Waals surface area contributed by atoms with Crippen LogP contribution in [0.5, 0.6) is 0 Å². The van der Waals surface area contributed by atoms with Crippen LogP contribution in [0, 0.1) is 0 Å². The van der Waals surface area contributed by atoms with Gasteiger partial charge in [0, 0.05) is 0 Å². The van der Waals surface area contributed by atoms with Crippen molar-refractivity contribution >= 4 is 7.82 Å². The van der Waals surface area contributed by atoms with E-state index in [1.165, 1.54) is 5.56 Å². The molecule has 5 heteroatoms. The minimum atomic E-state index is -3.59. The molecular formula is C18H29O4P. The molecule has 1 aromatic carbocycles. The summed E-state index contributed by atoms with van der Waals surface area (Å²) in [6.07, 6.45) is 4.54. The Balaban J connectivity index is 2.75. The highest BCUT2D eigenvalue weighted by atomic mass is 31.2. The highest BCUT2D eigenvalue weighted by Crippen LogP contribution is 2.53. The third-order valence-electron chi connectivity index (χ3n) is 2.91. The molecule has 1 rings (SSSR count). The van der Waals surface area contributed by atoms with Gasteiger partial charge < -0.3 is 0 Å². The summed E-state index contributed by atoms with van der Waals surface area (Å²) in [5.41, 5.74) is 1.22. The summed E-state index contributed by atoms with van der Waals surface area (Å²) >= 11 is 0. The topological polar surface area (TPSA) is 44.8 Å². The number of aryl methyl sites for hydroxylation is 1. The van der Waals surface area contributed by atoms with E-state index in [4.69, 9.17) is 13.6 Å². The Hall–Kier alpha value is -0.930. The minimum Gasteiger partial charge on any atom is -0.284 e. The SMILES string of the molecule is C/C=C\[C@H](CCc1ccccc1)OP(=O)(OC(C)C)OC(C)C. The quantitative estimate of drug-likeness (QED) is 0.414. The number of rotatable bonds is 10. The second-order valence-electron chi connectivity index (χ2n) is 5.95. The van der Waals surface area contributed by atoms with E-state index < -0.39 is 7.82 Å². The number of phosphoric acid groups is 1. The van der Waals surface area contributed by atoms with Gasteiger partial charge in [-0.2, -0.15) is 0 Å². The second-order valence-corrected chi connectivity index (χ2v) is 7.48. The van der Waals surface area contributed by atoms with Crippen molar-refractivity contribution < 1.29 is 18.1 Å². The van der Waals surface area contributed by atoms with Gasteiger partial charge in [-0.1, -0.05) is 42.5 Å². The predicted octanol–water partition coefficient (Wildman–Crippen LogP) is 5.54. The van der Waals surface area contributed by atoms with Gasteiger partial charge in [-0.3, -0.25) is 13.6 Å². The molecule has 0 aromatic heterocycles. The first-order chi connectivity index (χ1) is 10.8. The van der Waals surface area contributed by atoms with Crippen molar-refractivity contribution in [1.82, 2.24) is 0 Å². The highest BCUT2D eigenvalue weighted by Gasteiger charge is 2.32. The normalized spacial score (nSPS) is 14.0. The zero-order valence-corrected chi connectivity index (χ0v) is 15.7. The van der Waals surface area contributed by atoms with Crippen LogP contribution in [0.3, 0.4) is 0 Å². The first kappa shape index (κ1) is 20.1. The Morgan fingerprint density at radius 1 is 1.00 bits per heavy atom. The van der Waals surface area contributed by atoms with Crippen LogP contribution in [0.1, 0.15) is 46.6 Å². The molecule has 0 aliphatic heterocycles. The van der Waals surface area contributed by atoms with Gasteiger partial charge in [-0.05, 0) is 53.0 Å². The molecule has 130 valence electrons. The van der Waals surface area contributed by atoms with Gasteiger partial charge in [0.05, 0.1) is 18.3 Å². The standard InChI is InChI=1S/C18H29O4P/c1-6-10-18(14-13-17-11-8-7-9-12-17)22-23(19,20-15(2)3)21-16(4)5/h6-12,15-16,18H,13-14H2,1-5H3/b10-6-/t18-/m1/s1. The van der Waals surface area contributed by atoms with Gasteiger partial charge in [0.25, 0.3) is 0 Å². The van der Waals surface area contributed by atoms with E-state index in [2.05, 4.69) is 12.1 Å². The summed E-state index contributed by atoms with van der Waals surface area (Å²) in [4.78, 5) is 0. The van der Waals surface area contributed by atoms with E-state index in [1.54, 1.807) is 0 Å². The summed E-state index contributed by atoms with van der Waals surface area (Å²) in [6, 6.07) is 10.2. The fourth-order valence-electron chi connectivity index (χ4n) is 2.11. The van der Waals surface area contributed by atoms with Gasteiger partial charge >= 0.3 is 7.82 Å². The van der Waals surface area contributed by atoms with Gasteiger partial charge in [0.1, 0.15) is 0 Å². The Bertz CT molecular complexity index is 497. The van der Waals surface area contributed by atoms with Crippen molar-refractivity contribution in [3.8, 4) is 0 Å². The van der Waals surface area contributed by atoms with E-state index >= 15 is 0 Å². The summed E-state index contributed by atoms with van der Waals surface area (Å²) in [5.74, 6) is 0. The number of benzene rings is 1. The third-order valence-corrected chi connectivity index (χ3v) is 4.80. The van der Waals surface area contributed by atoms with Crippen LogP contribution < -0.4 is 0 Å². The lowest BCUT2D eigenvalue weighted by Crippen LogP contribution is -2.16. The van der Waals surface area contributed by atoms with Gasteiger partial charge in [-0.15, -0.1) is 0 Å². The molecule has 0 N–H and O–H groups in total. The third kappa shape index (κ3) is 8.47. The molecule has 4 nitrogen and oxygen atoms in total. The van der Waals surface area contributed by atoms with Gasteiger partial charge in [0.15, 0.2) is 0 Å². The minimum absolute atomic E-state index is 0.236. The fraction of sp³-hybridized carbons (Fsp3) is 0.556. The maximum atomic E-state index is 12.8. The van der Waals surface area contributed by atoms with Crippen LogP contribution in [-0.2, 0) is 24.6 Å². The smallest absolute Gasteiger partial charge is 0.284 e. The van der Waals surface area contributed by atoms with E-state index in [-0.39, 0.29) is 18.3 Å². The molecule has 0 bridgehead atoms. The average Bonchev–Trinajstić information content (AvgIpc) is 2.44. The molecule has 0 aliphatic rings. The molecule has 0 amide bonds. The van der Waals surface area contributed by atoms with E-state index in [0.29, 0.717) is 6.42 Å². The molecule has 1 atom stereocenters. The van der Waals surface area contributed by atoms with E-state index in [1.807, 2.05) is 65.0 Å². The van der Waals surface area contributed by atoms with Gasteiger partial charge in [-0.25, -0.2) is 4.57 Å². The Morgan fingerprint density at radius 2 is 1.57 bits per heavy atom. The predicted molar refractivity (Wildman–Crippen MR) is 94.5 cm³/mol. The number of hydrogen-bond acceptors (Lipinski definition) is 4. The summed E-state index contributed by atoms with van der Waals surface area (Å²) in [6.45, 7) is 9.17. The second kappa shape index (κ2) is 10.0. The lowest BCUT2D eigenvalue weighted by Gasteiger charge is -2.25. The summed E-state index contributed by atoms with van der Waals surface area (Å²) in [5, 5.41) is 0. The zero-order chi connectivity index (χ0) is 17.3. The van der Waals surface area contributed by atoms with Crippen molar-refractivity contribution in [2.24, 2.45) is 0 Å². The molecule has 0 saturated heterocycles. The van der Waals surface area contributed by atoms with Gasteiger partial charge in [0.2, 0.25) is 0 Å². The Kier molecular flexibility index (Phi) is 8.78. The maximum Gasteiger partial charge on any atom is 0.475 e. The van der Waals surface area contributed by atoms with Crippen LogP contribution in [0.4, 0.5) is 0 Å². The molecule has 1 aromatic rings. The van der Waals surface area contributed by atoms with Crippen molar-refractivity contribution in [1.29, 1.82) is 0 Å². The van der Waals surface area contributed by atoms with Crippen molar-refractivity contribution in [2.75, 3.05) is 0 Å². The first-order valence-corrected chi connectivity index (χ1v) is 9.62. The summed E-state index contributed by atoms with van der Waals surface area (Å²) in [7, 11) is -3.59. The highest BCUT2D eigenvalue weighted by molar-refractivity contribution is 7.48. The van der Waals surface area contributed by atoms with Crippen molar-refractivity contribution in [3.63, 3.8) is 0 Å². The average molecular weight is 340 g/mol. The number of allylic oxidation sites excluding steroid dienone is 1. The lowest BCUT2D eigenvalue weighted by molar-refractivity contribution is 0.0564. The van der Waals surface area contributed by atoms with Crippen LogP contribution in [0.25, 0.3) is 0 Å². The molecular weight excluding hydrogens is 311 g/mol. The molecule has 0 radical (unpaired) electrons. The monoisotopic (exact) mass is 340 g/mol. The van der Waals surface area contributed by atoms with Crippen LogP contribution in [-0.4, -0.2) is 18.3 Å². The summed E-state index contributed by atoms with van der Waals surface area (Å²) < 4.78 is 29.5. The van der Waals surface area contributed by atoms with Crippen LogP contribution in [0.2, 0.25) is 0 Å². The molecule has 0 heterocycles. The molecule has 0 unspecified atom stereocenters. The van der Waals surface area contributed by atoms with Crippen molar-refractivity contribution in [2.45, 2.75) is 65.8 Å². The molecule has 0 fully saturated rings. The first-order valence-electron chi connectivity index (χ1n) is 8.16. The fourth-order valence-corrected chi connectivity index (χ4v) is 3.80. The zero-order valence-electron chi connectivity index (χ0n) is 14.8. The maximum absolute atomic E-state index is 12.8. The van der Waals surface area contributed by atoms with Crippen LogP contribution in [0.15, 0.2) is 42.5 Å². The van der Waals surface area contributed by atoms with E-state index in [0.717, 1.165) is 6.42 Å². The number of hydrogen-bond donors (Lipinski definition) is 0. The van der Waals surface area contributed by atoms with E-state index in [9.17, 15) is 4.57 Å². The van der Waals surface area contributed by atoms with Crippen LogP contribution >= 0.6 is 7.82 Å².